The van der Waals surface area contributed by atoms with E-state index in [0.29, 0.717) is 13.1 Å². The number of aromatic nitrogens is 1. The topological polar surface area (TPSA) is 69.3 Å². The summed E-state index contributed by atoms with van der Waals surface area (Å²) in [5, 5.41) is 17.6. The SMILES string of the molecule is C.[Cl-].[Cl][Fe][Cl].[HH].[HH].[HH].c1cc2nc(c1)C[N-]CC[N-]CC[N-]CC[N-]C2. The van der Waals surface area contributed by atoms with E-state index < -0.39 is 0 Å². The molecular formula is C14H29Cl3FeN5-5. The normalized spacial score (nSPS) is 16.4. The van der Waals surface area contributed by atoms with E-state index in [4.69, 9.17) is 20.2 Å². The zero-order valence-corrected chi connectivity index (χ0v) is 15.5. The molecule has 0 saturated heterocycles. The largest absolute Gasteiger partial charge is 0.665 e. The first-order valence-corrected chi connectivity index (χ1v) is 9.73. The number of rotatable bonds is 0. The molecule has 1 aliphatic heterocycles. The van der Waals surface area contributed by atoms with Gasteiger partial charge in [-0.3, -0.25) is 4.98 Å². The second-order valence-electron chi connectivity index (χ2n) is 4.22. The molecular weight excluding hydrogens is 400 g/mol. The van der Waals surface area contributed by atoms with Crippen molar-refractivity contribution in [1.82, 2.24) is 4.98 Å². The third-order valence-electron chi connectivity index (χ3n) is 2.66. The molecule has 1 aromatic heterocycles. The average Bonchev–Trinajstić information content (AvgIpc) is 2.49. The summed E-state index contributed by atoms with van der Waals surface area (Å²) in [6, 6.07) is 6.05. The van der Waals surface area contributed by atoms with Crippen molar-refractivity contribution in [3.8, 4) is 0 Å². The van der Waals surface area contributed by atoms with Crippen LogP contribution < -0.4 is 12.4 Å². The van der Waals surface area contributed by atoms with Crippen LogP contribution in [0.4, 0.5) is 0 Å². The molecule has 1 aliphatic rings. The summed E-state index contributed by atoms with van der Waals surface area (Å²) in [6.45, 7) is 6.09. The molecule has 0 saturated carbocycles. The number of hydrogen-bond donors (Lipinski definition) is 0. The van der Waals surface area contributed by atoms with Gasteiger partial charge in [0, 0.05) is 15.7 Å². The molecule has 2 bridgehead atoms. The van der Waals surface area contributed by atoms with Gasteiger partial charge < -0.3 is 33.7 Å². The second-order valence-corrected chi connectivity index (χ2v) is 6.05. The smallest absolute Gasteiger partial charge is 0.0201 e. The summed E-state index contributed by atoms with van der Waals surface area (Å²) < 4.78 is 0. The molecule has 1 aromatic rings. The van der Waals surface area contributed by atoms with Crippen molar-refractivity contribution in [3.05, 3.63) is 50.9 Å². The third-order valence-corrected chi connectivity index (χ3v) is 2.66. The van der Waals surface area contributed by atoms with Gasteiger partial charge in [-0.2, -0.15) is 39.3 Å². The van der Waals surface area contributed by atoms with E-state index in [1.54, 1.807) is 0 Å². The van der Waals surface area contributed by atoms with Crippen molar-refractivity contribution in [1.29, 1.82) is 0 Å². The number of halogens is 3. The van der Waals surface area contributed by atoms with Crippen LogP contribution >= 0.6 is 20.2 Å². The maximum atomic E-state index is 4.76. The van der Waals surface area contributed by atoms with E-state index in [2.05, 4.69) is 26.3 Å². The minimum Gasteiger partial charge on any atom is -0.665 e. The van der Waals surface area contributed by atoms with Gasteiger partial charge in [0.15, 0.2) is 0 Å². The molecule has 9 heteroatoms. The Morgan fingerprint density at radius 1 is 0.826 bits per heavy atom. The van der Waals surface area contributed by atoms with Gasteiger partial charge in [0.25, 0.3) is 0 Å². The van der Waals surface area contributed by atoms with E-state index in [9.17, 15) is 0 Å². The first-order valence-electron chi connectivity index (χ1n) is 6.70. The molecule has 0 N–H and O–H groups in total. The predicted molar refractivity (Wildman–Crippen MR) is 99.1 cm³/mol. The van der Waals surface area contributed by atoms with Gasteiger partial charge in [-0.1, -0.05) is 13.5 Å². The van der Waals surface area contributed by atoms with Crippen LogP contribution in [-0.2, 0) is 26.2 Å². The van der Waals surface area contributed by atoms with Crippen LogP contribution in [0.15, 0.2) is 18.2 Å². The van der Waals surface area contributed by atoms with Crippen LogP contribution in [0.25, 0.3) is 21.3 Å². The Labute approximate surface area is 165 Å². The van der Waals surface area contributed by atoms with Gasteiger partial charge in [-0.05, 0) is 12.1 Å². The zero-order chi connectivity index (χ0) is 15.2. The Hall–Kier alpha value is 0.379. The predicted octanol–water partition coefficient (Wildman–Crippen LogP) is 2.34. The van der Waals surface area contributed by atoms with Gasteiger partial charge in [0.1, 0.15) is 0 Å². The molecule has 2 heterocycles. The van der Waals surface area contributed by atoms with Gasteiger partial charge in [0.05, 0.1) is 0 Å². The molecule has 0 amide bonds. The summed E-state index contributed by atoms with van der Waals surface area (Å²) >= 11 is 0.194. The molecule has 0 atom stereocenters. The van der Waals surface area contributed by atoms with E-state index in [1.165, 1.54) is 0 Å². The Morgan fingerprint density at radius 3 is 1.57 bits per heavy atom. The molecule has 5 nitrogen and oxygen atoms in total. The minimum atomic E-state index is 0. The third kappa shape index (κ3) is 14.4. The monoisotopic (exact) mass is 428 g/mol. The molecule has 0 fully saturated rings. The Bertz CT molecular complexity index is 358. The molecule has 2 rings (SSSR count). The van der Waals surface area contributed by atoms with Crippen LogP contribution in [0.2, 0.25) is 0 Å². The minimum absolute atomic E-state index is 0. The number of nitrogens with zero attached hydrogens (tertiary/aromatic N) is 5. The zero-order valence-electron chi connectivity index (χ0n) is 12.1. The van der Waals surface area contributed by atoms with Crippen molar-refractivity contribution in [2.24, 2.45) is 0 Å². The fourth-order valence-corrected chi connectivity index (χ4v) is 1.74. The van der Waals surface area contributed by atoms with E-state index in [-0.39, 0.29) is 37.2 Å². The van der Waals surface area contributed by atoms with Crippen LogP contribution in [0.5, 0.6) is 0 Å². The van der Waals surface area contributed by atoms with Crippen LogP contribution in [0.1, 0.15) is 23.1 Å². The van der Waals surface area contributed by atoms with Gasteiger partial charge in [-0.25, -0.2) is 0 Å². The van der Waals surface area contributed by atoms with Crippen molar-refractivity contribution < 1.29 is 29.8 Å². The summed E-state index contributed by atoms with van der Waals surface area (Å²) in [4.78, 5) is 4.53. The molecule has 144 valence electrons. The van der Waals surface area contributed by atoms with Crippen molar-refractivity contribution in [2.75, 3.05) is 39.3 Å². The summed E-state index contributed by atoms with van der Waals surface area (Å²) in [6.07, 6.45) is 0. The Kier molecular flexibility index (Phi) is 20.8. The molecule has 0 radical (unpaired) electrons. The number of hydrogen-bond acceptors (Lipinski definition) is 1. The van der Waals surface area contributed by atoms with E-state index in [1.807, 2.05) is 18.2 Å². The fourth-order valence-electron chi connectivity index (χ4n) is 1.74. The van der Waals surface area contributed by atoms with Crippen molar-refractivity contribution in [2.45, 2.75) is 20.5 Å². The van der Waals surface area contributed by atoms with Crippen molar-refractivity contribution >= 4 is 20.2 Å². The molecule has 0 aromatic carbocycles. The second kappa shape index (κ2) is 18.7. The Balaban J connectivity index is -0.000000172. The number of pyridine rings is 1. The van der Waals surface area contributed by atoms with E-state index in [0.717, 1.165) is 50.7 Å². The maximum Gasteiger partial charge on any atom is 0.0201 e. The molecule has 0 unspecified atom stereocenters. The first-order chi connectivity index (χ1) is 10.4. The van der Waals surface area contributed by atoms with Crippen LogP contribution in [0, 0.1) is 0 Å². The first kappa shape index (κ1) is 25.6. The Morgan fingerprint density at radius 2 is 1.17 bits per heavy atom. The summed E-state index contributed by atoms with van der Waals surface area (Å²) in [7, 11) is 9.53. The van der Waals surface area contributed by atoms with Crippen LogP contribution in [0.3, 0.4) is 0 Å². The molecule has 0 spiro atoms. The summed E-state index contributed by atoms with van der Waals surface area (Å²) in [5.41, 5.74) is 2.03. The summed E-state index contributed by atoms with van der Waals surface area (Å²) in [5.74, 6) is 0. The number of fused-ring (bicyclic) bond motifs is 2. The van der Waals surface area contributed by atoms with Crippen LogP contribution in [-0.4, -0.2) is 44.3 Å². The van der Waals surface area contributed by atoms with Gasteiger partial charge in [-0.15, -0.1) is 13.1 Å². The van der Waals surface area contributed by atoms with E-state index >= 15 is 0 Å². The maximum absolute atomic E-state index is 4.76. The van der Waals surface area contributed by atoms with Crippen molar-refractivity contribution in [3.63, 3.8) is 0 Å². The van der Waals surface area contributed by atoms with Gasteiger partial charge >= 0.3 is 33.3 Å². The average molecular weight is 430 g/mol. The quantitative estimate of drug-likeness (QED) is 0.584. The molecule has 0 aliphatic carbocycles. The standard InChI is InChI=1S/C13H19N5.CH4.3ClH.Fe.3H2/c1-2-12-10-16-8-6-14-4-5-15-7-9-17-11-13(3-1)18-12;;;;;;;;/h1-3H,4-11H2;1H4;3*1H;;3*1H/q-4;;;;;+2;;;/p-3. The molecule has 23 heavy (non-hydrogen) atoms. The fraction of sp³-hybridized carbons (Fsp3) is 0.643. The van der Waals surface area contributed by atoms with Gasteiger partial charge in [0.2, 0.25) is 0 Å².